The Morgan fingerprint density at radius 2 is 1.57 bits per heavy atom. The lowest BCUT2D eigenvalue weighted by Crippen LogP contribution is -2.40. The summed E-state index contributed by atoms with van der Waals surface area (Å²) >= 11 is 6.91. The molecule has 0 N–H and O–H groups in total. The molecule has 4 rings (SSSR count). The lowest BCUT2D eigenvalue weighted by Gasteiger charge is -2.33. The highest BCUT2D eigenvalue weighted by Crippen LogP contribution is 2.50. The second kappa shape index (κ2) is 7.64. The number of halogens is 2. The van der Waals surface area contributed by atoms with Crippen LogP contribution >= 0.6 is 31.9 Å². The number of rotatable bonds is 4. The highest BCUT2D eigenvalue weighted by Gasteiger charge is 2.56. The van der Waals surface area contributed by atoms with Gasteiger partial charge in [-0.05, 0) is 29.8 Å². The van der Waals surface area contributed by atoms with Crippen molar-refractivity contribution >= 4 is 43.6 Å². The fourth-order valence-corrected chi connectivity index (χ4v) is 4.60. The maximum absolute atomic E-state index is 13.8. The van der Waals surface area contributed by atoms with E-state index < -0.39 is 11.5 Å². The van der Waals surface area contributed by atoms with E-state index >= 15 is 0 Å². The van der Waals surface area contributed by atoms with Crippen molar-refractivity contribution in [3.63, 3.8) is 0 Å². The Balaban J connectivity index is 1.96. The first-order chi connectivity index (χ1) is 13.5. The maximum atomic E-state index is 13.8. The third kappa shape index (κ3) is 3.33. The lowest BCUT2D eigenvalue weighted by atomic mass is 9.73. The van der Waals surface area contributed by atoms with Gasteiger partial charge < -0.3 is 4.74 Å². The van der Waals surface area contributed by atoms with Gasteiger partial charge in [0.2, 0.25) is 11.4 Å². The van der Waals surface area contributed by atoms with Crippen molar-refractivity contribution in [1.29, 1.82) is 0 Å². The van der Waals surface area contributed by atoms with Gasteiger partial charge in [0.25, 0.3) is 0 Å². The van der Waals surface area contributed by atoms with E-state index in [0.29, 0.717) is 11.1 Å². The predicted octanol–water partition coefficient (Wildman–Crippen LogP) is 6.02. The van der Waals surface area contributed by atoms with Gasteiger partial charge in [0.1, 0.15) is 0 Å². The zero-order chi connectivity index (χ0) is 19.7. The first kappa shape index (κ1) is 19.1. The molecule has 1 heterocycles. The van der Waals surface area contributed by atoms with Crippen LogP contribution in [0.2, 0.25) is 0 Å². The van der Waals surface area contributed by atoms with Crippen LogP contribution in [0.25, 0.3) is 0 Å². The molecular formula is C23H16Br2O3. The van der Waals surface area contributed by atoms with Crippen LogP contribution in [0.3, 0.4) is 0 Å². The lowest BCUT2D eigenvalue weighted by molar-refractivity contribution is -0.146. The zero-order valence-electron chi connectivity index (χ0n) is 14.8. The minimum atomic E-state index is -1.41. The van der Waals surface area contributed by atoms with Crippen LogP contribution in [0.1, 0.15) is 33.8 Å². The molecule has 0 aliphatic carbocycles. The van der Waals surface area contributed by atoms with Crippen molar-refractivity contribution in [3.8, 4) is 0 Å². The Labute approximate surface area is 180 Å². The van der Waals surface area contributed by atoms with Crippen LogP contribution in [0.4, 0.5) is 0 Å². The van der Waals surface area contributed by atoms with Gasteiger partial charge in [0.05, 0.1) is 6.42 Å². The van der Waals surface area contributed by atoms with Crippen molar-refractivity contribution in [1.82, 2.24) is 0 Å². The molecule has 3 aromatic rings. The summed E-state index contributed by atoms with van der Waals surface area (Å²) in [5.74, 6) is -1.02. The van der Waals surface area contributed by atoms with E-state index in [4.69, 9.17) is 4.74 Å². The number of carbonyl (C=O) groups excluding carboxylic acids is 2. The monoisotopic (exact) mass is 498 g/mol. The summed E-state index contributed by atoms with van der Waals surface area (Å²) in [5, 5.41) is 0. The van der Waals surface area contributed by atoms with Gasteiger partial charge in [-0.1, -0.05) is 86.5 Å². The fraction of sp³-hybridized carbons (Fsp3) is 0.130. The zero-order valence-corrected chi connectivity index (χ0v) is 17.9. The number of Topliss-reactive ketones (excluding diaryl/α,β-unsaturated/α-hetero) is 1. The number of hydrogen-bond donors (Lipinski definition) is 0. The van der Waals surface area contributed by atoms with Crippen molar-refractivity contribution in [2.75, 3.05) is 0 Å². The Bertz CT molecular complexity index is 1050. The molecule has 28 heavy (non-hydrogen) atoms. The van der Waals surface area contributed by atoms with Gasteiger partial charge in [0.15, 0.2) is 0 Å². The Morgan fingerprint density at radius 3 is 2.25 bits per heavy atom. The van der Waals surface area contributed by atoms with Crippen molar-refractivity contribution in [2.24, 2.45) is 0 Å². The molecule has 1 saturated heterocycles. The summed E-state index contributed by atoms with van der Waals surface area (Å²) in [5.41, 5.74) is 0.636. The van der Waals surface area contributed by atoms with Gasteiger partial charge >= 0.3 is 5.97 Å². The molecule has 0 spiro atoms. The molecule has 0 unspecified atom stereocenters. The normalized spacial score (nSPS) is 21.4. The molecule has 1 aliphatic rings. The molecule has 0 aromatic heterocycles. The minimum absolute atomic E-state index is 0.149. The molecule has 0 bridgehead atoms. The summed E-state index contributed by atoms with van der Waals surface area (Å²) in [6, 6.07) is 24.2. The van der Waals surface area contributed by atoms with E-state index in [9.17, 15) is 9.59 Å². The van der Waals surface area contributed by atoms with E-state index in [1.807, 2.05) is 60.7 Å². The maximum Gasteiger partial charge on any atom is 0.307 e. The van der Waals surface area contributed by atoms with Crippen molar-refractivity contribution < 1.29 is 14.3 Å². The predicted molar refractivity (Wildman–Crippen MR) is 114 cm³/mol. The van der Waals surface area contributed by atoms with Gasteiger partial charge in [-0.2, -0.15) is 0 Å². The van der Waals surface area contributed by atoms with Crippen LogP contribution in [-0.4, -0.2) is 11.8 Å². The molecule has 2 atom stereocenters. The first-order valence-electron chi connectivity index (χ1n) is 8.84. The SMILES string of the molecule is O=C1C[C@@H](c2ccccc2)[C@@](C(=O)c2cccc(Br)c2)(c2cccc(Br)c2)O1. The average molecular weight is 500 g/mol. The van der Waals surface area contributed by atoms with Crippen molar-refractivity contribution in [3.05, 3.63) is 104 Å². The number of ketones is 1. The van der Waals surface area contributed by atoms with E-state index in [2.05, 4.69) is 31.9 Å². The van der Waals surface area contributed by atoms with Crippen LogP contribution in [0.5, 0.6) is 0 Å². The van der Waals surface area contributed by atoms with Crippen LogP contribution in [0, 0.1) is 0 Å². The summed E-state index contributed by atoms with van der Waals surface area (Å²) in [7, 11) is 0. The number of hydrogen-bond acceptors (Lipinski definition) is 3. The second-order valence-electron chi connectivity index (χ2n) is 6.73. The molecule has 0 amide bonds. The average Bonchev–Trinajstić information content (AvgIpc) is 3.06. The van der Waals surface area contributed by atoms with Gasteiger partial charge in [-0.3, -0.25) is 9.59 Å². The molecule has 0 saturated carbocycles. The Hall–Kier alpha value is -2.24. The topological polar surface area (TPSA) is 43.4 Å². The molecular weight excluding hydrogens is 484 g/mol. The number of ether oxygens (including phenoxy) is 1. The molecule has 5 heteroatoms. The fourth-order valence-electron chi connectivity index (χ4n) is 3.80. The molecule has 1 aliphatic heterocycles. The van der Waals surface area contributed by atoms with Crippen molar-refractivity contribution in [2.45, 2.75) is 17.9 Å². The van der Waals surface area contributed by atoms with Gasteiger partial charge in [-0.15, -0.1) is 0 Å². The van der Waals surface area contributed by atoms with E-state index in [0.717, 1.165) is 14.5 Å². The Morgan fingerprint density at radius 1 is 0.893 bits per heavy atom. The Kier molecular flexibility index (Phi) is 5.21. The van der Waals surface area contributed by atoms with E-state index in [-0.39, 0.29) is 18.2 Å². The van der Waals surface area contributed by atoms with E-state index in [1.54, 1.807) is 18.2 Å². The van der Waals surface area contributed by atoms with Crippen LogP contribution in [-0.2, 0) is 15.1 Å². The third-order valence-corrected chi connectivity index (χ3v) is 6.00. The molecule has 140 valence electrons. The highest BCUT2D eigenvalue weighted by atomic mass is 79.9. The number of benzene rings is 3. The summed E-state index contributed by atoms with van der Waals surface area (Å²) in [6.07, 6.45) is 0.149. The smallest absolute Gasteiger partial charge is 0.307 e. The quantitative estimate of drug-likeness (QED) is 0.325. The standard InChI is InChI=1S/C23H16Br2O3/c24-18-10-4-8-16(12-18)22(27)23(17-9-5-11-19(25)13-17)20(14-21(26)28-23)15-6-2-1-3-7-15/h1-13,20H,14H2/t20-,23+/m0/s1. The van der Waals surface area contributed by atoms with Gasteiger partial charge in [0, 0.05) is 26.0 Å². The van der Waals surface area contributed by atoms with E-state index in [1.165, 1.54) is 0 Å². The summed E-state index contributed by atoms with van der Waals surface area (Å²) in [4.78, 5) is 26.4. The summed E-state index contributed by atoms with van der Waals surface area (Å²) in [6.45, 7) is 0. The molecule has 0 radical (unpaired) electrons. The number of cyclic esters (lactones) is 1. The minimum Gasteiger partial charge on any atom is -0.445 e. The van der Waals surface area contributed by atoms with Gasteiger partial charge in [-0.25, -0.2) is 0 Å². The molecule has 3 nitrogen and oxygen atoms in total. The van der Waals surface area contributed by atoms with Crippen LogP contribution < -0.4 is 0 Å². The second-order valence-corrected chi connectivity index (χ2v) is 8.56. The largest absolute Gasteiger partial charge is 0.445 e. The summed E-state index contributed by atoms with van der Waals surface area (Å²) < 4.78 is 7.50. The first-order valence-corrected chi connectivity index (χ1v) is 10.4. The number of esters is 1. The third-order valence-electron chi connectivity index (χ3n) is 5.02. The highest BCUT2D eigenvalue weighted by molar-refractivity contribution is 9.10. The van der Waals surface area contributed by atoms with Crippen LogP contribution in [0.15, 0.2) is 87.8 Å². The molecule has 3 aromatic carbocycles. The number of carbonyl (C=O) groups is 2. The molecule has 1 fully saturated rings.